The number of para-hydroxylation sites is 2. The third-order valence-electron chi connectivity index (χ3n) is 11.4. The average Bonchev–Trinajstić information content (AvgIpc) is 3.66. The predicted molar refractivity (Wildman–Crippen MR) is 250 cm³/mol. The van der Waals surface area contributed by atoms with Crippen LogP contribution < -0.4 is 0 Å². The summed E-state index contributed by atoms with van der Waals surface area (Å²) in [6.45, 7) is 11.3. The van der Waals surface area contributed by atoms with Crippen LogP contribution in [0.4, 0.5) is 0 Å². The van der Waals surface area contributed by atoms with Gasteiger partial charge in [0.1, 0.15) is 11.6 Å². The number of hydrogen-bond acceptors (Lipinski definition) is 3. The highest BCUT2D eigenvalue weighted by Gasteiger charge is 2.24. The van der Waals surface area contributed by atoms with Crippen molar-refractivity contribution >= 4 is 11.0 Å². The number of imidazole rings is 1. The standard InChI is InChI=1S/C56H49N3O/c1-37(2)31-38-23-28-51(49(32-38)42-17-10-7-11-18-42)59-52-21-14-20-47(54(52)58-55(59)48-19-12-13-22-53(48)60)44-33-45(35-46(34-44)56(3,4)5)50-36-43(29-30-57-50)41-26-24-40(25-27-41)39-15-8-6-9-16-39/h6-30,32-37,60H,31H2,1-5H3. The van der Waals surface area contributed by atoms with Crippen molar-refractivity contribution in [2.45, 2.75) is 46.5 Å². The van der Waals surface area contributed by atoms with Crippen molar-refractivity contribution in [2.75, 3.05) is 0 Å². The molecule has 9 rings (SSSR count). The van der Waals surface area contributed by atoms with Gasteiger partial charge < -0.3 is 5.11 Å². The molecule has 0 unspecified atom stereocenters. The van der Waals surface area contributed by atoms with Crippen molar-refractivity contribution < 1.29 is 5.11 Å². The number of benzene rings is 7. The molecular formula is C56H49N3O. The first-order chi connectivity index (χ1) is 29.1. The number of rotatable bonds is 9. The maximum Gasteiger partial charge on any atom is 0.149 e. The number of aromatic hydroxyl groups is 1. The van der Waals surface area contributed by atoms with Crippen molar-refractivity contribution in [3.05, 3.63) is 193 Å². The normalized spacial score (nSPS) is 11.7. The lowest BCUT2D eigenvalue weighted by molar-refractivity contribution is 0.477. The van der Waals surface area contributed by atoms with Gasteiger partial charge in [0.05, 0.1) is 28.0 Å². The lowest BCUT2D eigenvalue weighted by Gasteiger charge is -2.22. The molecule has 0 saturated carbocycles. The fourth-order valence-electron chi connectivity index (χ4n) is 8.26. The van der Waals surface area contributed by atoms with Crippen molar-refractivity contribution in [3.63, 3.8) is 0 Å². The molecule has 1 N–H and O–H groups in total. The molecular weight excluding hydrogens is 731 g/mol. The Morgan fingerprint density at radius 3 is 1.87 bits per heavy atom. The molecule has 0 fully saturated rings. The van der Waals surface area contributed by atoms with Gasteiger partial charge in [0.15, 0.2) is 0 Å². The van der Waals surface area contributed by atoms with Gasteiger partial charge in [-0.3, -0.25) is 9.55 Å². The van der Waals surface area contributed by atoms with E-state index in [1.807, 2.05) is 30.5 Å². The molecule has 7 aromatic carbocycles. The van der Waals surface area contributed by atoms with Crippen LogP contribution in [0, 0.1) is 5.92 Å². The summed E-state index contributed by atoms with van der Waals surface area (Å²) in [4.78, 5) is 10.4. The van der Waals surface area contributed by atoms with Crippen LogP contribution in [0.2, 0.25) is 0 Å². The maximum atomic E-state index is 11.4. The summed E-state index contributed by atoms with van der Waals surface area (Å²) in [5.74, 6) is 1.39. The van der Waals surface area contributed by atoms with E-state index in [4.69, 9.17) is 9.97 Å². The fourth-order valence-corrected chi connectivity index (χ4v) is 8.26. The minimum Gasteiger partial charge on any atom is -0.507 e. The van der Waals surface area contributed by atoms with Gasteiger partial charge >= 0.3 is 0 Å². The molecule has 0 aliphatic rings. The van der Waals surface area contributed by atoms with E-state index in [2.05, 4.69) is 185 Å². The zero-order valence-corrected chi connectivity index (χ0v) is 34.9. The lowest BCUT2D eigenvalue weighted by atomic mass is 9.83. The van der Waals surface area contributed by atoms with Crippen molar-refractivity contribution in [1.82, 2.24) is 14.5 Å². The molecule has 2 heterocycles. The first-order valence-electron chi connectivity index (χ1n) is 20.9. The molecule has 60 heavy (non-hydrogen) atoms. The Labute approximate surface area is 353 Å². The van der Waals surface area contributed by atoms with Gasteiger partial charge in [-0.15, -0.1) is 0 Å². The number of aromatic nitrogens is 3. The second kappa shape index (κ2) is 16.0. The predicted octanol–water partition coefficient (Wildman–Crippen LogP) is 14.6. The van der Waals surface area contributed by atoms with Crippen LogP contribution in [-0.4, -0.2) is 19.6 Å². The summed E-state index contributed by atoms with van der Waals surface area (Å²) in [5.41, 5.74) is 16.8. The summed E-state index contributed by atoms with van der Waals surface area (Å²) in [7, 11) is 0. The van der Waals surface area contributed by atoms with E-state index in [9.17, 15) is 5.11 Å². The van der Waals surface area contributed by atoms with E-state index in [1.165, 1.54) is 22.3 Å². The fraction of sp³-hybridized carbons (Fsp3) is 0.143. The molecule has 0 bridgehead atoms. The van der Waals surface area contributed by atoms with Gasteiger partial charge in [-0.1, -0.05) is 156 Å². The maximum absolute atomic E-state index is 11.4. The molecule has 0 amide bonds. The molecule has 0 atom stereocenters. The van der Waals surface area contributed by atoms with Crippen molar-refractivity contribution in [1.29, 1.82) is 0 Å². The Kier molecular flexibility index (Phi) is 10.2. The minimum absolute atomic E-state index is 0.133. The Balaban J connectivity index is 1.22. The van der Waals surface area contributed by atoms with E-state index in [0.717, 1.165) is 67.8 Å². The first kappa shape index (κ1) is 38.5. The van der Waals surface area contributed by atoms with E-state index < -0.39 is 0 Å². The van der Waals surface area contributed by atoms with E-state index in [1.54, 1.807) is 6.07 Å². The monoisotopic (exact) mass is 779 g/mol. The molecule has 0 radical (unpaired) electrons. The quantitative estimate of drug-likeness (QED) is 0.159. The number of fused-ring (bicyclic) bond motifs is 1. The number of nitrogens with zero attached hydrogens (tertiary/aromatic N) is 3. The zero-order valence-electron chi connectivity index (χ0n) is 34.9. The van der Waals surface area contributed by atoms with Gasteiger partial charge in [0.2, 0.25) is 0 Å². The molecule has 4 nitrogen and oxygen atoms in total. The van der Waals surface area contributed by atoms with Gasteiger partial charge in [0.25, 0.3) is 0 Å². The van der Waals surface area contributed by atoms with Crippen molar-refractivity contribution in [2.24, 2.45) is 5.92 Å². The minimum atomic E-state index is -0.133. The third kappa shape index (κ3) is 7.65. The van der Waals surface area contributed by atoms with Gasteiger partial charge in [0, 0.05) is 22.9 Å². The largest absolute Gasteiger partial charge is 0.507 e. The Hall–Kier alpha value is -7.04. The number of phenolic OH excluding ortho intramolecular Hbond substituents is 1. The van der Waals surface area contributed by atoms with Crippen LogP contribution >= 0.6 is 0 Å². The van der Waals surface area contributed by atoms with E-state index in [-0.39, 0.29) is 11.2 Å². The SMILES string of the molecule is CC(C)Cc1ccc(-n2c(-c3ccccc3O)nc3c(-c4cc(-c5cc(-c6ccc(-c7ccccc7)cc6)ccn5)cc(C(C)(C)C)c4)cccc32)c(-c2ccccc2)c1. The summed E-state index contributed by atoms with van der Waals surface area (Å²) >= 11 is 0. The number of phenols is 1. The highest BCUT2D eigenvalue weighted by Crippen LogP contribution is 2.42. The smallest absolute Gasteiger partial charge is 0.149 e. The lowest BCUT2D eigenvalue weighted by Crippen LogP contribution is -2.11. The zero-order chi connectivity index (χ0) is 41.4. The van der Waals surface area contributed by atoms with Gasteiger partial charge in [-0.25, -0.2) is 4.98 Å². The second-order valence-electron chi connectivity index (χ2n) is 17.2. The van der Waals surface area contributed by atoms with E-state index >= 15 is 0 Å². The topological polar surface area (TPSA) is 50.9 Å². The summed E-state index contributed by atoms with van der Waals surface area (Å²) < 4.78 is 2.23. The molecule has 4 heteroatoms. The molecule has 0 saturated heterocycles. The van der Waals surface area contributed by atoms with Crippen LogP contribution in [0.15, 0.2) is 182 Å². The Bertz CT molecular complexity index is 2960. The van der Waals surface area contributed by atoms with Crippen LogP contribution in [0.1, 0.15) is 45.7 Å². The van der Waals surface area contributed by atoms with E-state index in [0.29, 0.717) is 17.3 Å². The van der Waals surface area contributed by atoms with Gasteiger partial charge in [-0.05, 0) is 117 Å². The van der Waals surface area contributed by atoms with Crippen LogP contribution in [0.3, 0.4) is 0 Å². The molecule has 0 spiro atoms. The van der Waals surface area contributed by atoms with Crippen LogP contribution in [0.5, 0.6) is 5.75 Å². The average molecular weight is 780 g/mol. The molecule has 9 aromatic rings. The van der Waals surface area contributed by atoms with Crippen LogP contribution in [0.25, 0.3) is 83.9 Å². The second-order valence-corrected chi connectivity index (χ2v) is 17.2. The third-order valence-corrected chi connectivity index (χ3v) is 11.4. The number of pyridine rings is 1. The Morgan fingerprint density at radius 1 is 0.533 bits per heavy atom. The van der Waals surface area contributed by atoms with Gasteiger partial charge in [-0.2, -0.15) is 0 Å². The van der Waals surface area contributed by atoms with Crippen LogP contribution in [-0.2, 0) is 11.8 Å². The molecule has 0 aliphatic heterocycles. The summed E-state index contributed by atoms with van der Waals surface area (Å²) in [6, 6.07) is 61.7. The summed E-state index contributed by atoms with van der Waals surface area (Å²) in [6.07, 6.45) is 2.89. The Morgan fingerprint density at radius 2 is 1.17 bits per heavy atom. The highest BCUT2D eigenvalue weighted by molar-refractivity contribution is 5.97. The molecule has 294 valence electrons. The molecule has 0 aliphatic carbocycles. The first-order valence-corrected chi connectivity index (χ1v) is 20.9. The van der Waals surface area contributed by atoms with Crippen molar-refractivity contribution in [3.8, 4) is 78.6 Å². The highest BCUT2D eigenvalue weighted by atomic mass is 16.3. The molecule has 2 aromatic heterocycles. The number of hydrogen-bond donors (Lipinski definition) is 1. The summed E-state index contributed by atoms with van der Waals surface area (Å²) in [5, 5.41) is 11.4.